The van der Waals surface area contributed by atoms with Crippen molar-refractivity contribution >= 4 is 29.1 Å². The number of benzene rings is 2. The van der Waals surface area contributed by atoms with Gasteiger partial charge in [-0.25, -0.2) is 9.97 Å². The highest BCUT2D eigenvalue weighted by Crippen LogP contribution is 2.27. The molecule has 1 aliphatic carbocycles. The van der Waals surface area contributed by atoms with E-state index in [1.165, 1.54) is 12.8 Å². The van der Waals surface area contributed by atoms with Gasteiger partial charge in [-0.05, 0) is 61.2 Å². The van der Waals surface area contributed by atoms with Crippen LogP contribution in [0.25, 0.3) is 11.3 Å². The molecule has 0 radical (unpaired) electrons. The summed E-state index contributed by atoms with van der Waals surface area (Å²) in [5.74, 6) is 1.13. The van der Waals surface area contributed by atoms with E-state index in [0.29, 0.717) is 22.5 Å². The Hall–Kier alpha value is -2.92. The first-order valence-corrected chi connectivity index (χ1v) is 9.29. The number of hydrogen-bond donors (Lipinski definition) is 2. The van der Waals surface area contributed by atoms with Crippen LogP contribution in [0.5, 0.6) is 0 Å². The molecule has 1 saturated carbocycles. The molecule has 27 heavy (non-hydrogen) atoms. The Balaban J connectivity index is 1.43. The van der Waals surface area contributed by atoms with Crippen molar-refractivity contribution < 1.29 is 4.79 Å². The van der Waals surface area contributed by atoms with E-state index in [4.69, 9.17) is 11.6 Å². The summed E-state index contributed by atoms with van der Waals surface area (Å²) in [5.41, 5.74) is 3.24. The van der Waals surface area contributed by atoms with Crippen molar-refractivity contribution in [1.29, 1.82) is 0 Å². The minimum absolute atomic E-state index is 0.0329. The quantitative estimate of drug-likeness (QED) is 0.653. The molecule has 136 valence electrons. The van der Waals surface area contributed by atoms with Crippen molar-refractivity contribution in [2.45, 2.75) is 12.8 Å². The number of nitrogens with one attached hydrogen (secondary N) is 2. The Bertz CT molecular complexity index is 937. The molecule has 0 unspecified atom stereocenters. The smallest absolute Gasteiger partial charge is 0.251 e. The van der Waals surface area contributed by atoms with E-state index in [9.17, 15) is 4.79 Å². The highest BCUT2D eigenvalue weighted by atomic mass is 35.5. The number of amides is 1. The van der Waals surface area contributed by atoms with Gasteiger partial charge in [0.1, 0.15) is 0 Å². The third-order valence-electron chi connectivity index (χ3n) is 4.45. The van der Waals surface area contributed by atoms with Gasteiger partial charge in [0.2, 0.25) is 5.95 Å². The molecule has 5 nitrogen and oxygen atoms in total. The average Bonchev–Trinajstić information content (AvgIpc) is 3.52. The van der Waals surface area contributed by atoms with Crippen LogP contribution in [0.4, 0.5) is 11.6 Å². The van der Waals surface area contributed by atoms with Crippen LogP contribution in [-0.2, 0) is 0 Å². The third kappa shape index (κ3) is 4.63. The highest BCUT2D eigenvalue weighted by molar-refractivity contribution is 6.30. The Kier molecular flexibility index (Phi) is 5.03. The summed E-state index contributed by atoms with van der Waals surface area (Å²) in [6, 6.07) is 16.7. The van der Waals surface area contributed by atoms with E-state index in [0.717, 1.165) is 23.5 Å². The van der Waals surface area contributed by atoms with Gasteiger partial charge in [-0.2, -0.15) is 0 Å². The summed E-state index contributed by atoms with van der Waals surface area (Å²) in [7, 11) is 0. The van der Waals surface area contributed by atoms with Gasteiger partial charge in [-0.3, -0.25) is 4.79 Å². The Morgan fingerprint density at radius 3 is 2.48 bits per heavy atom. The van der Waals surface area contributed by atoms with E-state index < -0.39 is 0 Å². The van der Waals surface area contributed by atoms with E-state index in [1.54, 1.807) is 18.3 Å². The lowest BCUT2D eigenvalue weighted by atomic mass is 10.1. The number of rotatable bonds is 6. The molecule has 1 amide bonds. The number of halogens is 1. The number of anilines is 2. The Labute approximate surface area is 162 Å². The number of carbonyl (C=O) groups excluding carboxylic acids is 1. The average molecular weight is 379 g/mol. The van der Waals surface area contributed by atoms with Gasteiger partial charge in [0, 0.05) is 34.6 Å². The van der Waals surface area contributed by atoms with E-state index in [2.05, 4.69) is 20.6 Å². The van der Waals surface area contributed by atoms with E-state index in [-0.39, 0.29) is 5.91 Å². The summed E-state index contributed by atoms with van der Waals surface area (Å²) < 4.78 is 0. The van der Waals surface area contributed by atoms with Crippen LogP contribution in [0.1, 0.15) is 23.2 Å². The van der Waals surface area contributed by atoms with Crippen LogP contribution in [-0.4, -0.2) is 22.4 Å². The van der Waals surface area contributed by atoms with Gasteiger partial charge in [0.15, 0.2) is 0 Å². The summed E-state index contributed by atoms with van der Waals surface area (Å²) in [6.45, 7) is 0.768. The van der Waals surface area contributed by atoms with Crippen LogP contribution in [0.15, 0.2) is 60.8 Å². The van der Waals surface area contributed by atoms with Crippen molar-refractivity contribution in [3.05, 3.63) is 71.4 Å². The number of nitrogens with zero attached hydrogens (tertiary/aromatic N) is 2. The molecule has 1 aliphatic rings. The van der Waals surface area contributed by atoms with Crippen molar-refractivity contribution in [2.24, 2.45) is 5.92 Å². The first-order chi connectivity index (χ1) is 13.2. The van der Waals surface area contributed by atoms with Crippen LogP contribution >= 0.6 is 11.6 Å². The normalized spacial score (nSPS) is 13.2. The lowest BCUT2D eigenvalue weighted by Gasteiger charge is -2.08. The maximum Gasteiger partial charge on any atom is 0.251 e. The molecule has 1 fully saturated rings. The van der Waals surface area contributed by atoms with Crippen molar-refractivity contribution in [3.63, 3.8) is 0 Å². The topological polar surface area (TPSA) is 66.9 Å². The van der Waals surface area contributed by atoms with Gasteiger partial charge >= 0.3 is 0 Å². The fourth-order valence-electron chi connectivity index (χ4n) is 2.70. The lowest BCUT2D eigenvalue weighted by Crippen LogP contribution is -2.25. The molecular weight excluding hydrogens is 360 g/mol. The monoisotopic (exact) mass is 378 g/mol. The second-order valence-corrected chi connectivity index (χ2v) is 7.06. The summed E-state index contributed by atoms with van der Waals surface area (Å²) in [6.07, 6.45) is 4.15. The van der Waals surface area contributed by atoms with Crippen molar-refractivity contribution in [3.8, 4) is 11.3 Å². The van der Waals surface area contributed by atoms with Crippen LogP contribution in [0, 0.1) is 5.92 Å². The second kappa shape index (κ2) is 7.76. The van der Waals surface area contributed by atoms with Gasteiger partial charge in [-0.1, -0.05) is 23.7 Å². The molecule has 1 aromatic heterocycles. The molecule has 0 atom stereocenters. The highest BCUT2D eigenvalue weighted by Gasteiger charge is 2.21. The first kappa shape index (κ1) is 17.5. The third-order valence-corrected chi connectivity index (χ3v) is 4.70. The molecule has 3 aromatic rings. The van der Waals surface area contributed by atoms with Crippen molar-refractivity contribution in [1.82, 2.24) is 15.3 Å². The minimum atomic E-state index is -0.0329. The lowest BCUT2D eigenvalue weighted by molar-refractivity contribution is 0.0952. The van der Waals surface area contributed by atoms with Gasteiger partial charge < -0.3 is 10.6 Å². The summed E-state index contributed by atoms with van der Waals surface area (Å²) in [5, 5.41) is 6.83. The number of carbonyl (C=O) groups is 1. The molecule has 1 heterocycles. The summed E-state index contributed by atoms with van der Waals surface area (Å²) >= 11 is 5.94. The fourth-order valence-corrected chi connectivity index (χ4v) is 2.82. The SMILES string of the molecule is O=C(NCC1CC1)c1ccc(Nc2nccc(-c3ccc(Cl)cc3)n2)cc1. The zero-order chi connectivity index (χ0) is 18.6. The molecule has 0 bridgehead atoms. The first-order valence-electron chi connectivity index (χ1n) is 8.92. The minimum Gasteiger partial charge on any atom is -0.352 e. The zero-order valence-corrected chi connectivity index (χ0v) is 15.4. The van der Waals surface area contributed by atoms with Crippen molar-refractivity contribution in [2.75, 3.05) is 11.9 Å². The van der Waals surface area contributed by atoms with Gasteiger partial charge in [0.25, 0.3) is 5.91 Å². The Morgan fingerprint density at radius 1 is 1.04 bits per heavy atom. The van der Waals surface area contributed by atoms with Gasteiger partial charge in [-0.15, -0.1) is 0 Å². The number of hydrogen-bond acceptors (Lipinski definition) is 4. The standard InChI is InChI=1S/C21H19ClN4O/c22-17-7-3-15(4-8-17)19-11-12-23-21(26-19)25-18-9-5-16(6-10-18)20(27)24-13-14-1-2-14/h3-12,14H,1-2,13H2,(H,24,27)(H,23,25,26). The van der Waals surface area contributed by atoms with E-state index >= 15 is 0 Å². The fraction of sp³-hybridized carbons (Fsp3) is 0.190. The molecule has 6 heteroatoms. The maximum absolute atomic E-state index is 12.1. The van der Waals surface area contributed by atoms with Crippen LogP contribution < -0.4 is 10.6 Å². The maximum atomic E-state index is 12.1. The molecule has 2 N–H and O–H groups in total. The molecular formula is C21H19ClN4O. The molecule has 0 saturated heterocycles. The predicted octanol–water partition coefficient (Wildman–Crippen LogP) is 4.68. The molecule has 2 aromatic carbocycles. The van der Waals surface area contributed by atoms with Crippen LogP contribution in [0.2, 0.25) is 5.02 Å². The van der Waals surface area contributed by atoms with Crippen LogP contribution in [0.3, 0.4) is 0 Å². The Morgan fingerprint density at radius 2 is 1.78 bits per heavy atom. The second-order valence-electron chi connectivity index (χ2n) is 6.63. The summed E-state index contributed by atoms with van der Waals surface area (Å²) in [4.78, 5) is 20.9. The van der Waals surface area contributed by atoms with E-state index in [1.807, 2.05) is 42.5 Å². The molecule has 4 rings (SSSR count). The zero-order valence-electron chi connectivity index (χ0n) is 14.7. The number of aromatic nitrogens is 2. The molecule has 0 spiro atoms. The largest absolute Gasteiger partial charge is 0.352 e. The van der Waals surface area contributed by atoms with Gasteiger partial charge in [0.05, 0.1) is 5.69 Å². The molecule has 0 aliphatic heterocycles. The predicted molar refractivity (Wildman–Crippen MR) is 107 cm³/mol.